The van der Waals surface area contributed by atoms with Crippen LogP contribution in [-0.2, 0) is 16.1 Å². The number of ketones is 1. The molecule has 176 valence electrons. The van der Waals surface area contributed by atoms with E-state index in [1.54, 1.807) is 55.0 Å². The van der Waals surface area contributed by atoms with Gasteiger partial charge in [-0.15, -0.1) is 0 Å². The minimum absolute atomic E-state index is 0.000307. The first-order valence-electron chi connectivity index (χ1n) is 10.8. The number of benzene rings is 2. The number of likely N-dealkylation sites (tertiary alicyclic amines) is 1. The Hall–Kier alpha value is -3.29. The molecular weight excluding hydrogens is 477 g/mol. The zero-order chi connectivity index (χ0) is 24.2. The highest BCUT2D eigenvalue weighted by Crippen LogP contribution is 2.41. The second kappa shape index (κ2) is 10.3. The lowest BCUT2D eigenvalue weighted by atomic mass is 9.95. The third-order valence-electron chi connectivity index (χ3n) is 5.59. The predicted octanol–water partition coefficient (Wildman–Crippen LogP) is 5.10. The van der Waals surface area contributed by atoms with Crippen molar-refractivity contribution in [3.05, 3.63) is 87.9 Å². The number of amides is 1. The molecule has 0 radical (unpaired) electrons. The van der Waals surface area contributed by atoms with Crippen LogP contribution in [0.15, 0.2) is 66.8 Å². The van der Waals surface area contributed by atoms with E-state index in [1.807, 2.05) is 17.7 Å². The first-order chi connectivity index (χ1) is 16.4. The maximum atomic E-state index is 13.2. The van der Waals surface area contributed by atoms with E-state index in [1.165, 1.54) is 4.90 Å². The molecule has 1 aliphatic heterocycles. The van der Waals surface area contributed by atoms with Crippen molar-refractivity contribution in [2.45, 2.75) is 25.9 Å². The molecule has 34 heavy (non-hydrogen) atoms. The lowest BCUT2D eigenvalue weighted by Crippen LogP contribution is -2.31. The zero-order valence-corrected chi connectivity index (χ0v) is 20.0. The van der Waals surface area contributed by atoms with Gasteiger partial charge in [-0.3, -0.25) is 9.59 Å². The standard InChI is InChI=1S/C25H23Cl2N3O4/c1-2-34-18-6-3-5-17(13-18)23(31)21-22(16-7-8-19(26)20(27)14-16)30(25(33)24(21)32)11-4-10-29-12-9-28-15-29/h3,5-9,12-15,22,31H,2,4,10-11H2,1H3. The van der Waals surface area contributed by atoms with Crippen molar-refractivity contribution < 1.29 is 19.4 Å². The molecule has 0 aliphatic carbocycles. The molecule has 9 heteroatoms. The summed E-state index contributed by atoms with van der Waals surface area (Å²) in [4.78, 5) is 31.7. The molecule has 1 fully saturated rings. The molecule has 1 atom stereocenters. The number of Topliss-reactive ketones (excluding diaryl/α,β-unsaturated/α-hetero) is 1. The number of halogens is 2. The fourth-order valence-corrected chi connectivity index (χ4v) is 4.34. The Kier molecular flexibility index (Phi) is 7.24. The molecule has 2 aromatic carbocycles. The predicted molar refractivity (Wildman–Crippen MR) is 130 cm³/mol. The van der Waals surface area contributed by atoms with E-state index in [2.05, 4.69) is 4.98 Å². The van der Waals surface area contributed by atoms with Crippen LogP contribution in [-0.4, -0.2) is 44.4 Å². The number of hydrogen-bond acceptors (Lipinski definition) is 5. The van der Waals surface area contributed by atoms with Gasteiger partial charge in [0.05, 0.1) is 34.6 Å². The third-order valence-corrected chi connectivity index (χ3v) is 6.33. The largest absolute Gasteiger partial charge is 0.507 e. The van der Waals surface area contributed by atoms with Crippen molar-refractivity contribution >= 4 is 40.7 Å². The number of aliphatic hydroxyl groups excluding tert-OH is 1. The lowest BCUT2D eigenvalue weighted by molar-refractivity contribution is -0.139. The number of carbonyl (C=O) groups is 2. The Balaban J connectivity index is 1.75. The average Bonchev–Trinajstić information content (AvgIpc) is 3.43. The summed E-state index contributed by atoms with van der Waals surface area (Å²) < 4.78 is 7.41. The van der Waals surface area contributed by atoms with E-state index in [0.29, 0.717) is 53.0 Å². The highest BCUT2D eigenvalue weighted by molar-refractivity contribution is 6.46. The fraction of sp³-hybridized carbons (Fsp3) is 0.240. The topological polar surface area (TPSA) is 84.7 Å². The molecule has 1 saturated heterocycles. The monoisotopic (exact) mass is 499 g/mol. The molecule has 4 rings (SSSR count). The maximum Gasteiger partial charge on any atom is 0.295 e. The zero-order valence-electron chi connectivity index (χ0n) is 18.4. The van der Waals surface area contributed by atoms with Crippen LogP contribution in [0.4, 0.5) is 0 Å². The first-order valence-corrected chi connectivity index (χ1v) is 11.6. The van der Waals surface area contributed by atoms with Crippen LogP contribution < -0.4 is 4.74 Å². The van der Waals surface area contributed by atoms with Crippen LogP contribution in [0.3, 0.4) is 0 Å². The van der Waals surface area contributed by atoms with Crippen molar-refractivity contribution in [2.24, 2.45) is 0 Å². The van der Waals surface area contributed by atoms with Gasteiger partial charge in [0, 0.05) is 31.0 Å². The summed E-state index contributed by atoms with van der Waals surface area (Å²) in [6.45, 7) is 3.22. The molecule has 2 heterocycles. The summed E-state index contributed by atoms with van der Waals surface area (Å²) in [7, 11) is 0. The number of aliphatic hydroxyl groups is 1. The number of ether oxygens (including phenoxy) is 1. The Bertz CT molecular complexity index is 1240. The van der Waals surface area contributed by atoms with Crippen molar-refractivity contribution in [1.29, 1.82) is 0 Å². The van der Waals surface area contributed by atoms with Crippen LogP contribution >= 0.6 is 23.2 Å². The van der Waals surface area contributed by atoms with E-state index in [0.717, 1.165) is 0 Å². The van der Waals surface area contributed by atoms with Crippen LogP contribution in [0.2, 0.25) is 10.0 Å². The van der Waals surface area contributed by atoms with Gasteiger partial charge in [0.15, 0.2) is 0 Å². The summed E-state index contributed by atoms with van der Waals surface area (Å²) >= 11 is 12.4. The average molecular weight is 500 g/mol. The molecule has 3 aromatic rings. The maximum absolute atomic E-state index is 13.2. The van der Waals surface area contributed by atoms with Crippen LogP contribution in [0.25, 0.3) is 5.76 Å². The van der Waals surface area contributed by atoms with Crippen LogP contribution in [0.1, 0.15) is 30.5 Å². The van der Waals surface area contributed by atoms with Gasteiger partial charge in [0.1, 0.15) is 11.5 Å². The first kappa shape index (κ1) is 23.9. The number of rotatable bonds is 8. The van der Waals surface area contributed by atoms with E-state index in [-0.39, 0.29) is 11.3 Å². The van der Waals surface area contributed by atoms with Crippen molar-refractivity contribution in [3.8, 4) is 5.75 Å². The summed E-state index contributed by atoms with van der Waals surface area (Å²) in [5.41, 5.74) is 0.964. The molecule has 1 N–H and O–H groups in total. The van der Waals surface area contributed by atoms with Crippen LogP contribution in [0, 0.1) is 0 Å². The Labute approximate surface area is 207 Å². The third kappa shape index (κ3) is 4.81. The highest BCUT2D eigenvalue weighted by Gasteiger charge is 2.46. The van der Waals surface area contributed by atoms with Gasteiger partial charge in [0.2, 0.25) is 0 Å². The Morgan fingerprint density at radius 2 is 1.94 bits per heavy atom. The van der Waals surface area contributed by atoms with Gasteiger partial charge >= 0.3 is 0 Å². The molecular formula is C25H23Cl2N3O4. The van der Waals surface area contributed by atoms with E-state index >= 15 is 0 Å². The van der Waals surface area contributed by atoms with Crippen molar-refractivity contribution in [2.75, 3.05) is 13.2 Å². The summed E-state index contributed by atoms with van der Waals surface area (Å²) in [6, 6.07) is 10.9. The highest BCUT2D eigenvalue weighted by atomic mass is 35.5. The molecule has 1 unspecified atom stereocenters. The molecule has 1 aliphatic rings. The normalized spacial score (nSPS) is 17.4. The quantitative estimate of drug-likeness (QED) is 0.264. The molecule has 0 saturated carbocycles. The number of aromatic nitrogens is 2. The molecule has 7 nitrogen and oxygen atoms in total. The SMILES string of the molecule is CCOc1cccc(C(O)=C2C(=O)C(=O)N(CCCn3ccnc3)C2c2ccc(Cl)c(Cl)c2)c1. The van der Waals surface area contributed by atoms with Gasteiger partial charge in [-0.1, -0.05) is 41.4 Å². The number of aryl methyl sites for hydroxylation is 1. The second-order valence-electron chi connectivity index (χ2n) is 7.78. The molecule has 1 aromatic heterocycles. The second-order valence-corrected chi connectivity index (χ2v) is 8.60. The van der Waals surface area contributed by atoms with E-state index in [4.69, 9.17) is 27.9 Å². The Morgan fingerprint density at radius 3 is 2.65 bits per heavy atom. The fourth-order valence-electron chi connectivity index (χ4n) is 4.04. The Morgan fingerprint density at radius 1 is 1.12 bits per heavy atom. The number of nitrogens with zero attached hydrogens (tertiary/aromatic N) is 3. The van der Waals surface area contributed by atoms with Crippen LogP contribution in [0.5, 0.6) is 5.75 Å². The number of hydrogen-bond donors (Lipinski definition) is 1. The minimum Gasteiger partial charge on any atom is -0.507 e. The number of carbonyl (C=O) groups excluding carboxylic acids is 2. The van der Waals surface area contributed by atoms with E-state index < -0.39 is 17.7 Å². The summed E-state index contributed by atoms with van der Waals surface area (Å²) in [6.07, 6.45) is 5.78. The van der Waals surface area contributed by atoms with Gasteiger partial charge < -0.3 is 19.3 Å². The minimum atomic E-state index is -0.812. The van der Waals surface area contributed by atoms with Gasteiger partial charge in [-0.05, 0) is 43.2 Å². The molecule has 0 spiro atoms. The van der Waals surface area contributed by atoms with Crippen molar-refractivity contribution in [1.82, 2.24) is 14.5 Å². The summed E-state index contributed by atoms with van der Waals surface area (Å²) in [5, 5.41) is 11.8. The van der Waals surface area contributed by atoms with Gasteiger partial charge in [-0.2, -0.15) is 0 Å². The van der Waals surface area contributed by atoms with Gasteiger partial charge in [-0.25, -0.2) is 4.98 Å². The van der Waals surface area contributed by atoms with Gasteiger partial charge in [0.25, 0.3) is 11.7 Å². The molecule has 1 amide bonds. The smallest absolute Gasteiger partial charge is 0.295 e. The lowest BCUT2D eigenvalue weighted by Gasteiger charge is -2.25. The summed E-state index contributed by atoms with van der Waals surface area (Å²) in [5.74, 6) is -1.15. The number of imidazole rings is 1. The van der Waals surface area contributed by atoms with E-state index in [9.17, 15) is 14.7 Å². The van der Waals surface area contributed by atoms with Crippen molar-refractivity contribution in [3.63, 3.8) is 0 Å². The molecule has 0 bridgehead atoms.